The maximum atomic E-state index is 12.5. The van der Waals surface area contributed by atoms with Crippen molar-refractivity contribution < 1.29 is 19.5 Å². The second-order valence-electron chi connectivity index (χ2n) is 8.18. The van der Waals surface area contributed by atoms with Crippen LogP contribution in [0.2, 0.25) is 0 Å². The summed E-state index contributed by atoms with van der Waals surface area (Å²) in [6.07, 6.45) is 1.72. The number of rotatable bonds is 6. The van der Waals surface area contributed by atoms with Gasteiger partial charge in [0, 0.05) is 36.3 Å². The fourth-order valence-corrected chi connectivity index (χ4v) is 3.68. The molecule has 166 valence electrons. The summed E-state index contributed by atoms with van der Waals surface area (Å²) < 4.78 is 5.39. The Kier molecular flexibility index (Phi) is 7.17. The molecule has 2 aliphatic rings. The predicted octanol–water partition coefficient (Wildman–Crippen LogP) is 1.93. The molecular weight excluding hydrogens is 406 g/mol. The number of carbonyl (C=O) groups excluding carboxylic acids is 2. The Labute approximate surface area is 187 Å². The van der Waals surface area contributed by atoms with Gasteiger partial charge in [-0.25, -0.2) is 5.48 Å². The van der Waals surface area contributed by atoms with Crippen LogP contribution in [0.1, 0.15) is 39.9 Å². The molecule has 0 aromatic heterocycles. The van der Waals surface area contributed by atoms with E-state index >= 15 is 0 Å². The average molecular weight is 434 g/mol. The van der Waals surface area contributed by atoms with Crippen molar-refractivity contribution in [2.24, 2.45) is 5.92 Å². The Morgan fingerprint density at radius 1 is 1.00 bits per heavy atom. The molecule has 32 heavy (non-hydrogen) atoms. The van der Waals surface area contributed by atoms with Gasteiger partial charge in [-0.3, -0.25) is 19.7 Å². The molecule has 0 unspecified atom stereocenters. The lowest BCUT2D eigenvalue weighted by Gasteiger charge is -2.26. The molecule has 7 heteroatoms. The number of morpholine rings is 1. The molecule has 0 bridgehead atoms. The predicted molar refractivity (Wildman–Crippen MR) is 119 cm³/mol. The Hall–Kier alpha value is -3.18. The summed E-state index contributed by atoms with van der Waals surface area (Å²) in [4.78, 5) is 26.6. The Morgan fingerprint density at radius 3 is 2.16 bits per heavy atom. The number of hydrogen-bond donors (Lipinski definition) is 3. The summed E-state index contributed by atoms with van der Waals surface area (Å²) >= 11 is 0. The van der Waals surface area contributed by atoms with Crippen LogP contribution in [0.25, 0.3) is 0 Å². The number of nitrogens with zero attached hydrogens (tertiary/aromatic N) is 1. The molecule has 1 saturated heterocycles. The smallest absolute Gasteiger partial charge is 0.266 e. The third kappa shape index (κ3) is 5.95. The topological polar surface area (TPSA) is 90.9 Å². The molecule has 2 amide bonds. The van der Waals surface area contributed by atoms with E-state index in [0.717, 1.165) is 56.8 Å². The van der Waals surface area contributed by atoms with Gasteiger partial charge in [-0.05, 0) is 60.7 Å². The molecule has 1 aliphatic carbocycles. The van der Waals surface area contributed by atoms with Gasteiger partial charge >= 0.3 is 0 Å². The number of hydrogen-bond acceptors (Lipinski definition) is 5. The standard InChI is InChI=1S/C25H27N3O4/c29-24(26-23(21-11-12-21)25(30)27-31)22-9-7-19(8-10-22)2-1-18-3-5-20(6-4-18)17-28-13-15-32-16-14-28/h3-10,21,23,31H,11-17H2,(H,26,29)(H,27,30)/t23-/m0/s1. The van der Waals surface area contributed by atoms with E-state index in [2.05, 4.69) is 34.2 Å². The molecule has 0 radical (unpaired) electrons. The number of amides is 2. The van der Waals surface area contributed by atoms with Crippen LogP contribution in [0.4, 0.5) is 0 Å². The van der Waals surface area contributed by atoms with Crippen molar-refractivity contribution in [3.05, 3.63) is 70.8 Å². The van der Waals surface area contributed by atoms with Crippen molar-refractivity contribution >= 4 is 11.8 Å². The number of carbonyl (C=O) groups is 2. The zero-order chi connectivity index (χ0) is 22.3. The highest BCUT2D eigenvalue weighted by Crippen LogP contribution is 2.32. The molecule has 3 N–H and O–H groups in total. The van der Waals surface area contributed by atoms with E-state index < -0.39 is 11.9 Å². The highest BCUT2D eigenvalue weighted by atomic mass is 16.5. The molecule has 2 aromatic rings. The summed E-state index contributed by atoms with van der Waals surface area (Å²) in [5.41, 5.74) is 5.06. The number of hydroxylamine groups is 1. The van der Waals surface area contributed by atoms with E-state index in [1.807, 2.05) is 12.1 Å². The van der Waals surface area contributed by atoms with Crippen LogP contribution in [0.15, 0.2) is 48.5 Å². The van der Waals surface area contributed by atoms with E-state index in [1.54, 1.807) is 29.7 Å². The zero-order valence-corrected chi connectivity index (χ0v) is 17.8. The number of ether oxygens (including phenoxy) is 1. The summed E-state index contributed by atoms with van der Waals surface area (Å²) in [6, 6.07) is 14.5. The maximum Gasteiger partial charge on any atom is 0.266 e. The first-order valence-electron chi connectivity index (χ1n) is 10.9. The highest BCUT2D eigenvalue weighted by molar-refractivity contribution is 5.97. The van der Waals surface area contributed by atoms with Crippen molar-refractivity contribution in [3.8, 4) is 11.8 Å². The van der Waals surface area contributed by atoms with E-state index in [1.165, 1.54) is 5.56 Å². The maximum absolute atomic E-state index is 12.5. The first-order chi connectivity index (χ1) is 15.6. The van der Waals surface area contributed by atoms with E-state index in [4.69, 9.17) is 9.94 Å². The molecule has 7 nitrogen and oxygen atoms in total. The zero-order valence-electron chi connectivity index (χ0n) is 17.8. The van der Waals surface area contributed by atoms with Gasteiger partial charge in [0.25, 0.3) is 11.8 Å². The Bertz CT molecular complexity index is 998. The Morgan fingerprint density at radius 2 is 1.59 bits per heavy atom. The minimum absolute atomic E-state index is 0.0801. The summed E-state index contributed by atoms with van der Waals surface area (Å²) in [7, 11) is 0. The van der Waals surface area contributed by atoms with Crippen molar-refractivity contribution in [3.63, 3.8) is 0 Å². The summed E-state index contributed by atoms with van der Waals surface area (Å²) in [6.45, 7) is 4.44. The molecule has 0 spiro atoms. The van der Waals surface area contributed by atoms with E-state index in [-0.39, 0.29) is 11.8 Å². The van der Waals surface area contributed by atoms with Gasteiger partial charge in [0.15, 0.2) is 0 Å². The fourth-order valence-electron chi connectivity index (χ4n) is 3.68. The molecule has 1 atom stereocenters. The molecule has 1 aliphatic heterocycles. The summed E-state index contributed by atoms with van der Waals surface area (Å²) in [5, 5.41) is 11.6. The molecule has 1 saturated carbocycles. The van der Waals surface area contributed by atoms with E-state index in [0.29, 0.717) is 5.56 Å². The van der Waals surface area contributed by atoms with Crippen molar-refractivity contribution in [2.75, 3.05) is 26.3 Å². The van der Waals surface area contributed by atoms with Crippen molar-refractivity contribution in [1.29, 1.82) is 0 Å². The van der Waals surface area contributed by atoms with Gasteiger partial charge in [0.05, 0.1) is 13.2 Å². The fraction of sp³-hybridized carbons (Fsp3) is 0.360. The minimum Gasteiger partial charge on any atom is -0.379 e. The third-order valence-electron chi connectivity index (χ3n) is 5.73. The van der Waals surface area contributed by atoms with Gasteiger partial charge in [-0.2, -0.15) is 0 Å². The Balaban J connectivity index is 1.33. The quantitative estimate of drug-likeness (QED) is 0.368. The first kappa shape index (κ1) is 22.0. The normalized spacial score (nSPS) is 17.0. The molecule has 2 fully saturated rings. The second-order valence-corrected chi connectivity index (χ2v) is 8.18. The SMILES string of the molecule is O=C(N[C@H](C(=O)NO)C1CC1)c1ccc(C#Cc2ccc(CN3CCOCC3)cc2)cc1. The monoisotopic (exact) mass is 433 g/mol. The van der Waals surface area contributed by atoms with Crippen LogP contribution in [-0.2, 0) is 16.1 Å². The molecule has 2 aromatic carbocycles. The van der Waals surface area contributed by atoms with Crippen LogP contribution < -0.4 is 10.8 Å². The van der Waals surface area contributed by atoms with Crippen molar-refractivity contribution in [1.82, 2.24) is 15.7 Å². The number of benzene rings is 2. The van der Waals surface area contributed by atoms with Crippen LogP contribution in [-0.4, -0.2) is 54.3 Å². The van der Waals surface area contributed by atoms with Crippen molar-refractivity contribution in [2.45, 2.75) is 25.4 Å². The van der Waals surface area contributed by atoms with Crippen LogP contribution in [0.3, 0.4) is 0 Å². The highest BCUT2D eigenvalue weighted by Gasteiger charge is 2.37. The summed E-state index contributed by atoms with van der Waals surface area (Å²) in [5.74, 6) is 5.42. The van der Waals surface area contributed by atoms with Crippen LogP contribution in [0, 0.1) is 17.8 Å². The average Bonchev–Trinajstić information content (AvgIpc) is 3.68. The van der Waals surface area contributed by atoms with Gasteiger partial charge < -0.3 is 10.1 Å². The minimum atomic E-state index is -0.710. The van der Waals surface area contributed by atoms with Gasteiger partial charge in [0.2, 0.25) is 0 Å². The molecule has 1 heterocycles. The largest absolute Gasteiger partial charge is 0.379 e. The first-order valence-corrected chi connectivity index (χ1v) is 10.9. The second kappa shape index (κ2) is 10.4. The lowest BCUT2D eigenvalue weighted by atomic mass is 10.1. The molecule has 4 rings (SSSR count). The van der Waals surface area contributed by atoms with Gasteiger partial charge in [-0.15, -0.1) is 0 Å². The third-order valence-corrected chi connectivity index (χ3v) is 5.73. The lowest BCUT2D eigenvalue weighted by molar-refractivity contribution is -0.131. The van der Waals surface area contributed by atoms with Gasteiger partial charge in [-0.1, -0.05) is 24.0 Å². The molecular formula is C25H27N3O4. The van der Waals surface area contributed by atoms with Crippen LogP contribution >= 0.6 is 0 Å². The lowest BCUT2D eigenvalue weighted by Crippen LogP contribution is -2.47. The van der Waals surface area contributed by atoms with E-state index in [9.17, 15) is 9.59 Å². The van der Waals surface area contributed by atoms with Gasteiger partial charge in [0.1, 0.15) is 6.04 Å². The van der Waals surface area contributed by atoms with Crippen LogP contribution in [0.5, 0.6) is 0 Å². The number of nitrogens with one attached hydrogen (secondary N) is 2.